The summed E-state index contributed by atoms with van der Waals surface area (Å²) in [6, 6.07) is 4.55. The number of methoxy groups -OCH3 is 1. The lowest BCUT2D eigenvalue weighted by Gasteiger charge is -2.15. The van der Waals surface area contributed by atoms with Gasteiger partial charge in [-0.15, -0.1) is 0 Å². The van der Waals surface area contributed by atoms with Gasteiger partial charge in [-0.1, -0.05) is 6.07 Å². The fraction of sp³-hybridized carbons (Fsp3) is 0.385. The van der Waals surface area contributed by atoms with Crippen LogP contribution in [0.2, 0.25) is 0 Å². The first kappa shape index (κ1) is 15.1. The number of nitrogens with zero attached hydrogens (tertiary/aromatic N) is 1. The molecule has 0 saturated carbocycles. The summed E-state index contributed by atoms with van der Waals surface area (Å²) < 4.78 is 21.5. The van der Waals surface area contributed by atoms with Gasteiger partial charge in [0, 0.05) is 5.56 Å². The van der Waals surface area contributed by atoms with Gasteiger partial charge >= 0.3 is 6.03 Å². The quantitative estimate of drug-likeness (QED) is 0.585. The van der Waals surface area contributed by atoms with Crippen molar-refractivity contribution in [1.29, 1.82) is 0 Å². The zero-order chi connectivity index (χ0) is 15.1. The molecule has 0 bridgehead atoms. The molecular weight excluding hydrogens is 278 g/mol. The smallest absolute Gasteiger partial charge is 0.332 e. The van der Waals surface area contributed by atoms with E-state index < -0.39 is 12.3 Å². The highest BCUT2D eigenvalue weighted by Crippen LogP contribution is 2.30. The minimum atomic E-state index is -0.746. The molecule has 3 N–H and O–H groups in total. The second-order valence-electron chi connectivity index (χ2n) is 4.10. The van der Waals surface area contributed by atoms with Crippen LogP contribution in [0.25, 0.3) is 0 Å². The molecule has 21 heavy (non-hydrogen) atoms. The maximum atomic E-state index is 10.6. The number of nitrogens with two attached hydrogens (primary N) is 1. The summed E-state index contributed by atoms with van der Waals surface area (Å²) in [5.41, 5.74) is 7.68. The number of para-hydroxylation sites is 1. The molecule has 1 aliphatic heterocycles. The largest absolute Gasteiger partial charge is 0.493 e. The fourth-order valence-electron chi connectivity index (χ4n) is 1.77. The van der Waals surface area contributed by atoms with Crippen molar-refractivity contribution in [2.75, 3.05) is 26.9 Å². The molecule has 8 heteroatoms. The number of hydrazone groups is 1. The van der Waals surface area contributed by atoms with Crippen LogP contribution in [0.5, 0.6) is 11.5 Å². The number of rotatable bonds is 6. The molecule has 0 unspecified atom stereocenters. The van der Waals surface area contributed by atoms with Crippen molar-refractivity contribution in [3.8, 4) is 11.5 Å². The number of primary amides is 1. The highest BCUT2D eigenvalue weighted by molar-refractivity contribution is 5.86. The van der Waals surface area contributed by atoms with Crippen molar-refractivity contribution in [2.45, 2.75) is 6.29 Å². The van der Waals surface area contributed by atoms with Gasteiger partial charge in [-0.3, -0.25) is 0 Å². The average molecular weight is 295 g/mol. The molecule has 0 radical (unpaired) electrons. The third-order valence-corrected chi connectivity index (χ3v) is 2.66. The summed E-state index contributed by atoms with van der Waals surface area (Å²) >= 11 is 0. The number of carbonyl (C=O) groups excluding carboxylic acids is 1. The van der Waals surface area contributed by atoms with Gasteiger partial charge in [-0.25, -0.2) is 10.2 Å². The van der Waals surface area contributed by atoms with Crippen LogP contribution in [0, 0.1) is 0 Å². The Bertz CT molecular complexity index is 515. The Balaban J connectivity index is 2.10. The molecule has 114 valence electrons. The number of nitrogens with one attached hydrogen (secondary N) is 1. The Morgan fingerprint density at radius 1 is 1.52 bits per heavy atom. The number of benzene rings is 1. The monoisotopic (exact) mass is 295 g/mol. The standard InChI is InChI=1S/C13H17N3O5/c1-18-10-4-2-3-9(7-15-16-13(14)17)12(10)21-8-11-19-5-6-20-11/h2-4,7,11H,5-6,8H2,1H3,(H3,14,16,17). The lowest BCUT2D eigenvalue weighted by molar-refractivity contribution is -0.0687. The number of hydrogen-bond acceptors (Lipinski definition) is 6. The van der Waals surface area contributed by atoms with Crippen molar-refractivity contribution >= 4 is 12.2 Å². The van der Waals surface area contributed by atoms with Gasteiger partial charge in [0.15, 0.2) is 17.8 Å². The number of ether oxygens (including phenoxy) is 4. The van der Waals surface area contributed by atoms with Gasteiger partial charge in [0.1, 0.15) is 6.61 Å². The SMILES string of the molecule is COc1cccc(C=NNC(N)=O)c1OCC1OCCO1. The molecular formula is C13H17N3O5. The Morgan fingerprint density at radius 3 is 2.95 bits per heavy atom. The second-order valence-corrected chi connectivity index (χ2v) is 4.10. The van der Waals surface area contributed by atoms with E-state index in [0.717, 1.165) is 0 Å². The predicted octanol–water partition coefficient (Wildman–Crippen LogP) is 0.449. The highest BCUT2D eigenvalue weighted by atomic mass is 16.7. The van der Waals surface area contributed by atoms with Crippen LogP contribution in [0.4, 0.5) is 4.79 Å². The van der Waals surface area contributed by atoms with Crippen LogP contribution >= 0.6 is 0 Å². The molecule has 0 aromatic heterocycles. The van der Waals surface area contributed by atoms with E-state index in [1.807, 2.05) is 0 Å². The van der Waals surface area contributed by atoms with Crippen LogP contribution in [0.15, 0.2) is 23.3 Å². The summed E-state index contributed by atoms with van der Waals surface area (Å²) in [6.07, 6.45) is 1.02. The van der Waals surface area contributed by atoms with E-state index in [2.05, 4.69) is 10.5 Å². The molecule has 8 nitrogen and oxygen atoms in total. The fourth-order valence-corrected chi connectivity index (χ4v) is 1.77. The minimum absolute atomic E-state index is 0.227. The second kappa shape index (κ2) is 7.46. The molecule has 0 spiro atoms. The van der Waals surface area contributed by atoms with E-state index in [4.69, 9.17) is 24.7 Å². The van der Waals surface area contributed by atoms with Crippen molar-refractivity contribution in [2.24, 2.45) is 10.8 Å². The number of amides is 2. The van der Waals surface area contributed by atoms with Gasteiger partial charge < -0.3 is 24.7 Å². The molecule has 1 heterocycles. The van der Waals surface area contributed by atoms with E-state index in [0.29, 0.717) is 30.3 Å². The molecule has 2 rings (SSSR count). The van der Waals surface area contributed by atoms with Crippen LogP contribution in [0.1, 0.15) is 5.56 Å². The van der Waals surface area contributed by atoms with Crippen LogP contribution in [-0.4, -0.2) is 45.5 Å². The number of urea groups is 1. The molecule has 1 aliphatic rings. The van der Waals surface area contributed by atoms with E-state index in [9.17, 15) is 4.79 Å². The van der Waals surface area contributed by atoms with Crippen LogP contribution in [-0.2, 0) is 9.47 Å². The summed E-state index contributed by atoms with van der Waals surface area (Å²) in [4.78, 5) is 10.6. The molecule has 1 saturated heterocycles. The van der Waals surface area contributed by atoms with Crippen molar-refractivity contribution in [1.82, 2.24) is 5.43 Å². The van der Waals surface area contributed by atoms with E-state index in [1.54, 1.807) is 18.2 Å². The third kappa shape index (κ3) is 4.33. The summed E-state index contributed by atoms with van der Waals surface area (Å²) in [7, 11) is 1.54. The molecule has 1 fully saturated rings. The zero-order valence-corrected chi connectivity index (χ0v) is 11.6. The first-order chi connectivity index (χ1) is 10.2. The highest BCUT2D eigenvalue weighted by Gasteiger charge is 2.18. The van der Waals surface area contributed by atoms with Crippen molar-refractivity contribution < 1.29 is 23.7 Å². The molecule has 0 atom stereocenters. The van der Waals surface area contributed by atoms with E-state index in [-0.39, 0.29) is 6.61 Å². The van der Waals surface area contributed by atoms with Crippen molar-refractivity contribution in [3.63, 3.8) is 0 Å². The zero-order valence-electron chi connectivity index (χ0n) is 11.6. The molecule has 1 aromatic rings. The normalized spacial score (nSPS) is 15.3. The third-order valence-electron chi connectivity index (χ3n) is 2.66. The van der Waals surface area contributed by atoms with E-state index >= 15 is 0 Å². The van der Waals surface area contributed by atoms with E-state index in [1.165, 1.54) is 13.3 Å². The van der Waals surface area contributed by atoms with Gasteiger partial charge in [-0.2, -0.15) is 5.10 Å². The number of carbonyl (C=O) groups is 1. The van der Waals surface area contributed by atoms with Gasteiger partial charge in [0.2, 0.25) is 0 Å². The maximum absolute atomic E-state index is 10.6. The molecule has 0 aliphatic carbocycles. The summed E-state index contributed by atoms with van der Waals surface area (Å²) in [5, 5.41) is 3.71. The van der Waals surface area contributed by atoms with Crippen LogP contribution < -0.4 is 20.6 Å². The summed E-state index contributed by atoms with van der Waals surface area (Å²) in [6.45, 7) is 1.33. The Hall–Kier alpha value is -2.32. The average Bonchev–Trinajstić information content (AvgIpc) is 2.98. The Morgan fingerprint density at radius 2 is 2.29 bits per heavy atom. The Kier molecular flexibility index (Phi) is 5.35. The lowest BCUT2D eigenvalue weighted by atomic mass is 10.2. The van der Waals surface area contributed by atoms with Crippen LogP contribution in [0.3, 0.4) is 0 Å². The Labute approximate surface area is 121 Å². The lowest BCUT2D eigenvalue weighted by Crippen LogP contribution is -2.24. The van der Waals surface area contributed by atoms with Crippen molar-refractivity contribution in [3.05, 3.63) is 23.8 Å². The topological polar surface area (TPSA) is 104 Å². The first-order valence-corrected chi connectivity index (χ1v) is 6.32. The minimum Gasteiger partial charge on any atom is -0.493 e. The predicted molar refractivity (Wildman–Crippen MR) is 74.5 cm³/mol. The molecule has 1 aromatic carbocycles. The maximum Gasteiger partial charge on any atom is 0.332 e. The van der Waals surface area contributed by atoms with Gasteiger partial charge in [-0.05, 0) is 12.1 Å². The summed E-state index contributed by atoms with van der Waals surface area (Å²) in [5.74, 6) is 1.02. The van der Waals surface area contributed by atoms with Gasteiger partial charge in [0.05, 0.1) is 26.5 Å². The van der Waals surface area contributed by atoms with Gasteiger partial charge in [0.25, 0.3) is 0 Å². The number of hydrogen-bond donors (Lipinski definition) is 2. The molecule has 2 amide bonds. The first-order valence-electron chi connectivity index (χ1n) is 6.32.